The van der Waals surface area contributed by atoms with Gasteiger partial charge in [0.25, 0.3) is 0 Å². The van der Waals surface area contributed by atoms with Crippen molar-refractivity contribution in [1.29, 1.82) is 0 Å². The number of hydrogen-bond donors (Lipinski definition) is 1. The van der Waals surface area contributed by atoms with Gasteiger partial charge in [-0.25, -0.2) is 5.43 Å². The van der Waals surface area contributed by atoms with Gasteiger partial charge in [-0.05, 0) is 0 Å². The lowest BCUT2D eigenvalue weighted by atomic mass is 10.3. The molecule has 1 radical (unpaired) electrons. The first-order chi connectivity index (χ1) is 4.50. The lowest BCUT2D eigenvalue weighted by molar-refractivity contribution is -0.0896. The van der Waals surface area contributed by atoms with Crippen LogP contribution >= 0.6 is 0 Å². The van der Waals surface area contributed by atoms with Crippen molar-refractivity contribution >= 4 is 0 Å². The van der Waals surface area contributed by atoms with Crippen molar-refractivity contribution in [3.63, 3.8) is 0 Å². The highest BCUT2D eigenvalue weighted by atomic mass is 19.4. The number of nitrogens with one attached hydrogen (secondary N) is 1. The molecule has 1 rings (SSSR count). The predicted molar refractivity (Wildman–Crippen MR) is 29.3 cm³/mol. The molecule has 2 nitrogen and oxygen atoms in total. The van der Waals surface area contributed by atoms with Crippen molar-refractivity contribution < 1.29 is 13.2 Å². The zero-order valence-corrected chi connectivity index (χ0v) is 5.24. The van der Waals surface area contributed by atoms with Gasteiger partial charge in [0.1, 0.15) is 0 Å². The van der Waals surface area contributed by atoms with Crippen molar-refractivity contribution in [2.24, 2.45) is 0 Å². The van der Waals surface area contributed by atoms with E-state index < -0.39 is 11.7 Å². The van der Waals surface area contributed by atoms with Crippen LogP contribution in [0.15, 0.2) is 11.8 Å². The standard InChI is InChI=1S/C5H6F3N2/c1-10-3-4(2-9-10)5(6,7)8/h2-3,9H,1H3. The van der Waals surface area contributed by atoms with E-state index in [0.29, 0.717) is 0 Å². The van der Waals surface area contributed by atoms with Crippen LogP contribution in [0.5, 0.6) is 0 Å². The Hall–Kier alpha value is -0.710. The van der Waals surface area contributed by atoms with Crippen LogP contribution in [-0.4, -0.2) is 18.2 Å². The van der Waals surface area contributed by atoms with Crippen LogP contribution in [0, 0.1) is 6.54 Å². The van der Waals surface area contributed by atoms with Crippen LogP contribution in [0.2, 0.25) is 0 Å². The molecule has 57 valence electrons. The summed E-state index contributed by atoms with van der Waals surface area (Å²) in [5, 5.41) is 1.24. The molecule has 0 saturated heterocycles. The van der Waals surface area contributed by atoms with E-state index in [1.54, 1.807) is 0 Å². The van der Waals surface area contributed by atoms with Gasteiger partial charge in [0, 0.05) is 13.2 Å². The fraction of sp³-hybridized carbons (Fsp3) is 0.400. The van der Waals surface area contributed by atoms with Crippen LogP contribution in [0.3, 0.4) is 0 Å². The molecule has 0 amide bonds. The first-order valence-electron chi connectivity index (χ1n) is 2.61. The highest BCUT2D eigenvalue weighted by Crippen LogP contribution is 2.28. The number of rotatable bonds is 0. The zero-order chi connectivity index (χ0) is 7.78. The molecule has 0 aliphatic carbocycles. The molecule has 0 spiro atoms. The summed E-state index contributed by atoms with van der Waals surface area (Å²) >= 11 is 0. The second-order valence-electron chi connectivity index (χ2n) is 1.97. The summed E-state index contributed by atoms with van der Waals surface area (Å²) in [7, 11) is 1.50. The molecule has 0 aromatic carbocycles. The van der Waals surface area contributed by atoms with Crippen molar-refractivity contribution in [3.05, 3.63) is 18.3 Å². The van der Waals surface area contributed by atoms with Gasteiger partial charge >= 0.3 is 6.18 Å². The minimum atomic E-state index is -4.24. The Balaban J connectivity index is 2.67. The lowest BCUT2D eigenvalue weighted by Crippen LogP contribution is -2.21. The summed E-state index contributed by atoms with van der Waals surface area (Å²) in [4.78, 5) is 0. The van der Waals surface area contributed by atoms with Gasteiger partial charge < -0.3 is 5.01 Å². The van der Waals surface area contributed by atoms with Crippen molar-refractivity contribution in [1.82, 2.24) is 10.4 Å². The molecule has 10 heavy (non-hydrogen) atoms. The maximum atomic E-state index is 11.8. The molecule has 1 N–H and O–H groups in total. The van der Waals surface area contributed by atoms with Gasteiger partial charge in [0.2, 0.25) is 0 Å². The molecule has 0 aromatic rings. The minimum absolute atomic E-state index is 0.657. The van der Waals surface area contributed by atoms with E-state index in [1.807, 2.05) is 0 Å². The Labute approximate surface area is 56.3 Å². The second-order valence-corrected chi connectivity index (χ2v) is 1.97. The van der Waals surface area contributed by atoms with Gasteiger partial charge in [0.05, 0.1) is 12.1 Å². The minimum Gasteiger partial charge on any atom is -0.318 e. The molecule has 1 aliphatic rings. The zero-order valence-electron chi connectivity index (χ0n) is 5.24. The number of nitrogens with zero attached hydrogens (tertiary/aromatic N) is 1. The molecular formula is C5H6F3N2. The smallest absolute Gasteiger partial charge is 0.318 e. The highest BCUT2D eigenvalue weighted by Gasteiger charge is 2.36. The largest absolute Gasteiger partial charge is 0.415 e. The number of halogens is 3. The van der Waals surface area contributed by atoms with Crippen LogP contribution in [0.25, 0.3) is 0 Å². The first-order valence-corrected chi connectivity index (χ1v) is 2.61. The molecule has 1 aliphatic heterocycles. The third-order valence-electron chi connectivity index (χ3n) is 1.08. The molecule has 1 heterocycles. The van der Waals surface area contributed by atoms with E-state index >= 15 is 0 Å². The predicted octanol–water partition coefficient (Wildman–Crippen LogP) is 1.04. The van der Waals surface area contributed by atoms with Crippen molar-refractivity contribution in [2.75, 3.05) is 7.05 Å². The highest BCUT2D eigenvalue weighted by molar-refractivity contribution is 5.20. The summed E-state index contributed by atoms with van der Waals surface area (Å²) in [6.07, 6.45) is -3.25. The van der Waals surface area contributed by atoms with E-state index in [1.165, 1.54) is 12.1 Å². The molecule has 0 unspecified atom stereocenters. The molecule has 0 aromatic heterocycles. The fourth-order valence-electron chi connectivity index (χ4n) is 0.610. The van der Waals surface area contributed by atoms with E-state index in [0.717, 1.165) is 12.7 Å². The SMILES string of the molecule is CN1C=C(C(F)(F)F)[CH]N1. The van der Waals surface area contributed by atoms with Gasteiger partial charge in [-0.2, -0.15) is 13.2 Å². The topological polar surface area (TPSA) is 15.3 Å². The Morgan fingerprint density at radius 3 is 2.30 bits per heavy atom. The Bertz CT molecular complexity index is 161. The quantitative estimate of drug-likeness (QED) is 0.556. The van der Waals surface area contributed by atoms with Crippen molar-refractivity contribution in [3.8, 4) is 0 Å². The lowest BCUT2D eigenvalue weighted by Gasteiger charge is -2.04. The summed E-state index contributed by atoms with van der Waals surface area (Å²) in [6.45, 7) is 0.917. The van der Waals surface area contributed by atoms with Crippen LogP contribution in [0.4, 0.5) is 13.2 Å². The molecule has 0 saturated carbocycles. The number of alkyl halides is 3. The van der Waals surface area contributed by atoms with E-state index in [4.69, 9.17) is 0 Å². The molecular weight excluding hydrogens is 145 g/mol. The maximum absolute atomic E-state index is 11.8. The normalized spacial score (nSPS) is 19.6. The number of hydrogen-bond acceptors (Lipinski definition) is 2. The number of hydrazine groups is 1. The summed E-state index contributed by atoms with van der Waals surface area (Å²) in [5.41, 5.74) is 1.71. The molecule has 0 bridgehead atoms. The van der Waals surface area contributed by atoms with Gasteiger partial charge in [0.15, 0.2) is 0 Å². The second kappa shape index (κ2) is 2.16. The average molecular weight is 151 g/mol. The summed E-state index contributed by atoms with van der Waals surface area (Å²) < 4.78 is 35.3. The monoisotopic (exact) mass is 151 g/mol. The maximum Gasteiger partial charge on any atom is 0.415 e. The van der Waals surface area contributed by atoms with Crippen molar-refractivity contribution in [2.45, 2.75) is 6.18 Å². The first kappa shape index (κ1) is 7.40. The van der Waals surface area contributed by atoms with Crippen LogP contribution in [0.1, 0.15) is 0 Å². The average Bonchev–Trinajstić information content (AvgIpc) is 2.11. The molecule has 0 atom stereocenters. The third kappa shape index (κ3) is 1.41. The fourth-order valence-corrected chi connectivity index (χ4v) is 0.610. The van der Waals surface area contributed by atoms with E-state index in [-0.39, 0.29) is 0 Å². The van der Waals surface area contributed by atoms with Crippen LogP contribution in [-0.2, 0) is 0 Å². The molecule has 0 fully saturated rings. The van der Waals surface area contributed by atoms with Gasteiger partial charge in [-0.15, -0.1) is 0 Å². The van der Waals surface area contributed by atoms with E-state index in [2.05, 4.69) is 5.43 Å². The Morgan fingerprint density at radius 1 is 1.50 bits per heavy atom. The summed E-state index contributed by atoms with van der Waals surface area (Å²) in [6, 6.07) is 0. The summed E-state index contributed by atoms with van der Waals surface area (Å²) in [5.74, 6) is 0. The van der Waals surface area contributed by atoms with Gasteiger partial charge in [-0.1, -0.05) is 0 Å². The van der Waals surface area contributed by atoms with Gasteiger partial charge in [-0.3, -0.25) is 0 Å². The Kier molecular flexibility index (Phi) is 1.60. The van der Waals surface area contributed by atoms with Crippen LogP contribution < -0.4 is 5.43 Å². The van der Waals surface area contributed by atoms with E-state index in [9.17, 15) is 13.2 Å². The molecule has 5 heteroatoms. The third-order valence-corrected chi connectivity index (χ3v) is 1.08. The Morgan fingerprint density at radius 2 is 2.10 bits per heavy atom.